The summed E-state index contributed by atoms with van der Waals surface area (Å²) >= 11 is 6.01. The molecule has 0 atom stereocenters. The third-order valence-corrected chi connectivity index (χ3v) is 4.23. The van der Waals surface area contributed by atoms with Gasteiger partial charge >= 0.3 is 0 Å². The van der Waals surface area contributed by atoms with Gasteiger partial charge in [-0.15, -0.1) is 0 Å². The van der Waals surface area contributed by atoms with E-state index < -0.39 is 0 Å². The largest absolute Gasteiger partial charge is 0.477 e. The van der Waals surface area contributed by atoms with Gasteiger partial charge in [0.1, 0.15) is 0 Å². The summed E-state index contributed by atoms with van der Waals surface area (Å²) in [5.41, 5.74) is 2.21. The highest BCUT2D eigenvalue weighted by molar-refractivity contribution is 6.30. The number of guanidine groups is 1. The van der Waals surface area contributed by atoms with Gasteiger partial charge in [0.15, 0.2) is 5.96 Å². The fraction of sp³-hybridized carbons (Fsp3) is 0.368. The zero-order valence-electron chi connectivity index (χ0n) is 14.3. The van der Waals surface area contributed by atoms with E-state index in [9.17, 15) is 0 Å². The second-order valence-electron chi connectivity index (χ2n) is 6.17. The number of hydrogen-bond acceptors (Lipinski definition) is 3. The molecule has 1 heterocycles. The highest BCUT2D eigenvalue weighted by atomic mass is 35.5. The second kappa shape index (κ2) is 8.72. The molecule has 0 spiro atoms. The van der Waals surface area contributed by atoms with Crippen LogP contribution in [0.1, 0.15) is 24.0 Å². The second-order valence-corrected chi connectivity index (χ2v) is 6.60. The minimum Gasteiger partial charge on any atom is -0.477 e. The number of benzene rings is 1. The number of halogens is 1. The number of nitrogens with one attached hydrogen (secondary N) is 2. The molecule has 1 fully saturated rings. The molecule has 1 saturated carbocycles. The molecule has 1 aromatic heterocycles. The number of aromatic nitrogens is 1. The van der Waals surface area contributed by atoms with E-state index in [-0.39, 0.29) is 0 Å². The van der Waals surface area contributed by atoms with Gasteiger partial charge in [-0.25, -0.2) is 4.98 Å². The summed E-state index contributed by atoms with van der Waals surface area (Å²) in [6.45, 7) is 2.08. The van der Waals surface area contributed by atoms with Crippen molar-refractivity contribution >= 4 is 17.6 Å². The average molecular weight is 359 g/mol. The maximum Gasteiger partial charge on any atom is 0.213 e. The van der Waals surface area contributed by atoms with Crippen molar-refractivity contribution in [1.82, 2.24) is 15.6 Å². The predicted octanol–water partition coefficient (Wildman–Crippen LogP) is 3.39. The molecule has 0 radical (unpaired) electrons. The normalized spacial score (nSPS) is 14.2. The fourth-order valence-corrected chi connectivity index (χ4v) is 2.58. The van der Waals surface area contributed by atoms with Crippen molar-refractivity contribution in [2.75, 3.05) is 13.7 Å². The van der Waals surface area contributed by atoms with Gasteiger partial charge in [-0.05, 0) is 48.1 Å². The van der Waals surface area contributed by atoms with E-state index in [1.807, 2.05) is 36.4 Å². The van der Waals surface area contributed by atoms with Crippen LogP contribution >= 0.6 is 11.6 Å². The number of rotatable bonds is 7. The van der Waals surface area contributed by atoms with Gasteiger partial charge in [0.2, 0.25) is 5.88 Å². The first-order valence-electron chi connectivity index (χ1n) is 8.49. The lowest BCUT2D eigenvalue weighted by atomic mass is 10.2. The first-order chi connectivity index (χ1) is 12.2. The average Bonchev–Trinajstić information content (AvgIpc) is 3.45. The van der Waals surface area contributed by atoms with Crippen molar-refractivity contribution < 1.29 is 4.74 Å². The Morgan fingerprint density at radius 3 is 2.64 bits per heavy atom. The predicted molar refractivity (Wildman–Crippen MR) is 101 cm³/mol. The molecule has 1 aromatic carbocycles. The SMILES string of the molecule is CN=C(NCc1cccc(Cl)c1)NCc1ccnc(OCC2CC2)c1. The molecule has 0 aliphatic heterocycles. The van der Waals surface area contributed by atoms with E-state index in [2.05, 4.69) is 20.6 Å². The van der Waals surface area contributed by atoms with Crippen molar-refractivity contribution in [3.05, 3.63) is 58.7 Å². The molecular formula is C19H23ClN4O. The van der Waals surface area contributed by atoms with E-state index in [0.29, 0.717) is 19.0 Å². The molecule has 0 amide bonds. The smallest absolute Gasteiger partial charge is 0.213 e. The fourth-order valence-electron chi connectivity index (χ4n) is 2.37. The Hall–Kier alpha value is -2.27. The van der Waals surface area contributed by atoms with Crippen LogP contribution in [-0.4, -0.2) is 24.6 Å². The molecule has 1 aliphatic carbocycles. The maximum atomic E-state index is 6.01. The third kappa shape index (κ3) is 5.94. The molecule has 2 N–H and O–H groups in total. The van der Waals surface area contributed by atoms with Crippen molar-refractivity contribution in [3.63, 3.8) is 0 Å². The monoisotopic (exact) mass is 358 g/mol. The molecule has 25 heavy (non-hydrogen) atoms. The van der Waals surface area contributed by atoms with E-state index in [1.165, 1.54) is 12.8 Å². The molecule has 0 bridgehead atoms. The summed E-state index contributed by atoms with van der Waals surface area (Å²) < 4.78 is 5.72. The number of pyridine rings is 1. The first kappa shape index (κ1) is 17.5. The van der Waals surface area contributed by atoms with Crippen LogP contribution in [0.25, 0.3) is 0 Å². The number of ether oxygens (including phenoxy) is 1. The number of hydrogen-bond donors (Lipinski definition) is 2. The molecular weight excluding hydrogens is 336 g/mol. The standard InChI is InChI=1S/C19H23ClN4O/c1-21-19(23-11-15-3-2-4-17(20)9-15)24-12-16-7-8-22-18(10-16)25-13-14-5-6-14/h2-4,7-10,14H,5-6,11-13H2,1H3,(H2,21,23,24). The van der Waals surface area contributed by atoms with Crippen LogP contribution in [0, 0.1) is 5.92 Å². The zero-order valence-corrected chi connectivity index (χ0v) is 15.1. The summed E-state index contributed by atoms with van der Waals surface area (Å²) in [4.78, 5) is 8.51. The molecule has 1 aliphatic rings. The summed E-state index contributed by atoms with van der Waals surface area (Å²) in [6.07, 6.45) is 4.33. The van der Waals surface area contributed by atoms with Crippen LogP contribution < -0.4 is 15.4 Å². The van der Waals surface area contributed by atoms with Gasteiger partial charge in [0.05, 0.1) is 6.61 Å². The Morgan fingerprint density at radius 1 is 1.20 bits per heavy atom. The third-order valence-electron chi connectivity index (χ3n) is 4.00. The number of aliphatic imine (C=N–C) groups is 1. The Morgan fingerprint density at radius 2 is 1.96 bits per heavy atom. The lowest BCUT2D eigenvalue weighted by Crippen LogP contribution is -2.36. The Balaban J connectivity index is 1.48. The van der Waals surface area contributed by atoms with Crippen LogP contribution in [0.15, 0.2) is 47.6 Å². The molecule has 2 aromatic rings. The van der Waals surface area contributed by atoms with Gasteiger partial charge in [-0.3, -0.25) is 4.99 Å². The zero-order chi connectivity index (χ0) is 17.5. The minimum atomic E-state index is 0.650. The first-order valence-corrected chi connectivity index (χ1v) is 8.87. The quantitative estimate of drug-likeness (QED) is 0.588. The Labute approximate surface area is 153 Å². The molecule has 0 saturated heterocycles. The Kier molecular flexibility index (Phi) is 6.12. The summed E-state index contributed by atoms with van der Waals surface area (Å²) in [5, 5.41) is 7.31. The van der Waals surface area contributed by atoms with Crippen molar-refractivity contribution in [2.45, 2.75) is 25.9 Å². The van der Waals surface area contributed by atoms with Crippen LogP contribution in [0.3, 0.4) is 0 Å². The highest BCUT2D eigenvalue weighted by Gasteiger charge is 2.22. The van der Waals surface area contributed by atoms with Crippen LogP contribution in [0.2, 0.25) is 5.02 Å². The van der Waals surface area contributed by atoms with E-state index in [0.717, 1.165) is 34.6 Å². The van der Waals surface area contributed by atoms with Gasteiger partial charge in [-0.2, -0.15) is 0 Å². The van der Waals surface area contributed by atoms with Crippen LogP contribution in [0.5, 0.6) is 5.88 Å². The van der Waals surface area contributed by atoms with E-state index in [1.54, 1.807) is 13.2 Å². The van der Waals surface area contributed by atoms with Gasteiger partial charge in [0, 0.05) is 37.4 Å². The molecule has 3 rings (SSSR count). The lowest BCUT2D eigenvalue weighted by Gasteiger charge is -2.13. The van der Waals surface area contributed by atoms with Crippen molar-refractivity contribution in [1.29, 1.82) is 0 Å². The molecule has 6 heteroatoms. The molecule has 0 unspecified atom stereocenters. The van der Waals surface area contributed by atoms with Crippen LogP contribution in [-0.2, 0) is 13.1 Å². The lowest BCUT2D eigenvalue weighted by molar-refractivity contribution is 0.288. The van der Waals surface area contributed by atoms with Crippen LogP contribution in [0.4, 0.5) is 0 Å². The van der Waals surface area contributed by atoms with Gasteiger partial charge in [-0.1, -0.05) is 23.7 Å². The number of nitrogens with zero attached hydrogens (tertiary/aromatic N) is 2. The summed E-state index contributed by atoms with van der Waals surface area (Å²) in [6, 6.07) is 11.7. The topological polar surface area (TPSA) is 58.5 Å². The summed E-state index contributed by atoms with van der Waals surface area (Å²) in [7, 11) is 1.75. The Bertz CT molecular complexity index is 731. The highest BCUT2D eigenvalue weighted by Crippen LogP contribution is 2.29. The minimum absolute atomic E-state index is 0.650. The van der Waals surface area contributed by atoms with E-state index >= 15 is 0 Å². The van der Waals surface area contributed by atoms with Gasteiger partial charge < -0.3 is 15.4 Å². The van der Waals surface area contributed by atoms with E-state index in [4.69, 9.17) is 16.3 Å². The molecule has 5 nitrogen and oxygen atoms in total. The molecule has 132 valence electrons. The maximum absolute atomic E-state index is 6.01. The van der Waals surface area contributed by atoms with Crippen molar-refractivity contribution in [3.8, 4) is 5.88 Å². The van der Waals surface area contributed by atoms with Crippen molar-refractivity contribution in [2.24, 2.45) is 10.9 Å². The summed E-state index contributed by atoms with van der Waals surface area (Å²) in [5.74, 6) is 2.14. The van der Waals surface area contributed by atoms with Gasteiger partial charge in [0.25, 0.3) is 0 Å².